The topological polar surface area (TPSA) is 104 Å². The van der Waals surface area contributed by atoms with E-state index < -0.39 is 10.4 Å². The van der Waals surface area contributed by atoms with Gasteiger partial charge < -0.3 is 0 Å². The Labute approximate surface area is 65.3 Å². The third-order valence-corrected chi connectivity index (χ3v) is 0.589. The van der Waals surface area contributed by atoms with E-state index in [1.54, 1.807) is 0 Å². The summed E-state index contributed by atoms with van der Waals surface area (Å²) in [6, 6.07) is 0. The van der Waals surface area contributed by atoms with Gasteiger partial charge in [0.05, 0.1) is 6.61 Å². The summed E-state index contributed by atoms with van der Waals surface area (Å²) < 4.78 is 31.6. The average Bonchev–Trinajstić information content (AvgIpc) is 1.79. The van der Waals surface area contributed by atoms with Crippen molar-refractivity contribution in [2.45, 2.75) is 19.8 Å². The van der Waals surface area contributed by atoms with Crippen molar-refractivity contribution in [1.29, 1.82) is 0 Å². The molecular formula is C4H12O6S. The van der Waals surface area contributed by atoms with Crippen molar-refractivity contribution in [1.82, 2.24) is 0 Å². The molecule has 70 valence electrons. The van der Waals surface area contributed by atoms with Crippen molar-refractivity contribution >= 4 is 10.4 Å². The van der Waals surface area contributed by atoms with Gasteiger partial charge in [0.25, 0.3) is 0 Å². The second-order valence-corrected chi connectivity index (χ2v) is 2.53. The van der Waals surface area contributed by atoms with Gasteiger partial charge in [-0.05, 0) is 6.42 Å². The monoisotopic (exact) mass is 188 g/mol. The van der Waals surface area contributed by atoms with Crippen molar-refractivity contribution in [2.24, 2.45) is 0 Å². The smallest absolute Gasteiger partial charge is 0.264 e. The molecule has 0 aliphatic rings. The molecule has 11 heavy (non-hydrogen) atoms. The normalized spacial score (nSPS) is 10.2. The van der Waals surface area contributed by atoms with Gasteiger partial charge in [-0.1, -0.05) is 13.3 Å². The molecule has 0 saturated heterocycles. The lowest BCUT2D eigenvalue weighted by atomic mass is 10.4. The summed E-state index contributed by atoms with van der Waals surface area (Å²) >= 11 is 0. The van der Waals surface area contributed by atoms with E-state index in [0.717, 1.165) is 12.8 Å². The van der Waals surface area contributed by atoms with E-state index in [1.807, 2.05) is 6.92 Å². The molecule has 0 unspecified atom stereocenters. The van der Waals surface area contributed by atoms with Gasteiger partial charge in [0.15, 0.2) is 0 Å². The summed E-state index contributed by atoms with van der Waals surface area (Å²) in [7, 11) is -4.67. The van der Waals surface area contributed by atoms with Crippen molar-refractivity contribution in [3.05, 3.63) is 0 Å². The van der Waals surface area contributed by atoms with Crippen LogP contribution >= 0.6 is 0 Å². The third kappa shape index (κ3) is 76.3. The Morgan fingerprint density at radius 2 is 1.73 bits per heavy atom. The maximum absolute atomic E-state index is 8.74. The number of hydrogen-bond donors (Lipinski definition) is 3. The second-order valence-electron chi connectivity index (χ2n) is 1.63. The first-order chi connectivity index (χ1) is 4.91. The Kier molecular flexibility index (Phi) is 9.60. The maximum Gasteiger partial charge on any atom is 0.394 e. The Hall–Kier alpha value is -0.210. The van der Waals surface area contributed by atoms with Gasteiger partial charge in [-0.2, -0.15) is 8.42 Å². The van der Waals surface area contributed by atoms with E-state index >= 15 is 0 Å². The largest absolute Gasteiger partial charge is 0.394 e. The highest BCUT2D eigenvalue weighted by atomic mass is 32.3. The highest BCUT2D eigenvalue weighted by Gasteiger charge is 1.84. The Morgan fingerprint density at radius 1 is 1.36 bits per heavy atom. The van der Waals surface area contributed by atoms with E-state index in [-0.39, 0.29) is 0 Å². The lowest BCUT2D eigenvalue weighted by Crippen LogP contribution is -1.89. The Balaban J connectivity index is 0. The zero-order valence-electron chi connectivity index (χ0n) is 6.10. The highest BCUT2D eigenvalue weighted by molar-refractivity contribution is 7.79. The van der Waals surface area contributed by atoms with Crippen LogP contribution in [0.25, 0.3) is 0 Å². The molecule has 0 spiro atoms. The molecule has 7 heteroatoms. The minimum absolute atomic E-state index is 0.469. The molecule has 3 N–H and O–H groups in total. The van der Waals surface area contributed by atoms with Crippen molar-refractivity contribution in [2.75, 3.05) is 6.61 Å². The Bertz CT molecular complexity index is 138. The Morgan fingerprint density at radius 3 is 1.82 bits per heavy atom. The van der Waals surface area contributed by atoms with E-state index in [1.165, 1.54) is 0 Å². The van der Waals surface area contributed by atoms with E-state index in [0.29, 0.717) is 6.61 Å². The van der Waals surface area contributed by atoms with Gasteiger partial charge >= 0.3 is 10.4 Å². The van der Waals surface area contributed by atoms with Gasteiger partial charge in [-0.15, -0.1) is 0 Å². The van der Waals surface area contributed by atoms with E-state index in [9.17, 15) is 0 Å². The number of rotatable bonds is 3. The molecule has 0 aromatic carbocycles. The fourth-order valence-electron chi connectivity index (χ4n) is 0.209. The average molecular weight is 188 g/mol. The predicted molar refractivity (Wildman–Crippen MR) is 37.7 cm³/mol. The van der Waals surface area contributed by atoms with Gasteiger partial charge in [0, 0.05) is 0 Å². The van der Waals surface area contributed by atoms with Gasteiger partial charge in [-0.25, -0.2) is 4.89 Å². The molecule has 0 radical (unpaired) electrons. The molecule has 0 aliphatic carbocycles. The molecule has 0 fully saturated rings. The highest BCUT2D eigenvalue weighted by Crippen LogP contribution is 1.83. The van der Waals surface area contributed by atoms with Crippen LogP contribution in [0.1, 0.15) is 19.8 Å². The van der Waals surface area contributed by atoms with Gasteiger partial charge in [-0.3, -0.25) is 14.4 Å². The van der Waals surface area contributed by atoms with Crippen molar-refractivity contribution in [3.8, 4) is 0 Å². The molecule has 0 atom stereocenters. The number of hydrogen-bond acceptors (Lipinski definition) is 4. The zero-order chi connectivity index (χ0) is 9.33. The molecule has 0 amide bonds. The van der Waals surface area contributed by atoms with Crippen molar-refractivity contribution in [3.63, 3.8) is 0 Å². The van der Waals surface area contributed by atoms with Crippen LogP contribution in [-0.4, -0.2) is 29.4 Å². The fraction of sp³-hybridized carbons (Fsp3) is 1.00. The first kappa shape index (κ1) is 13.4. The molecule has 0 rings (SSSR count). The van der Waals surface area contributed by atoms with E-state index in [4.69, 9.17) is 22.8 Å². The van der Waals surface area contributed by atoms with Gasteiger partial charge in [0.1, 0.15) is 0 Å². The summed E-state index contributed by atoms with van der Waals surface area (Å²) in [4.78, 5) is 3.78. The minimum Gasteiger partial charge on any atom is -0.264 e. The van der Waals surface area contributed by atoms with Crippen molar-refractivity contribution < 1.29 is 27.7 Å². The zero-order valence-corrected chi connectivity index (χ0v) is 6.91. The third-order valence-electron chi connectivity index (χ3n) is 0.589. The van der Waals surface area contributed by atoms with Crippen LogP contribution in [0.5, 0.6) is 0 Å². The molecule has 0 aromatic heterocycles. The minimum atomic E-state index is -4.67. The molecular weight excluding hydrogens is 176 g/mol. The molecule has 0 aromatic rings. The second kappa shape index (κ2) is 7.89. The lowest BCUT2D eigenvalue weighted by Gasteiger charge is -1.87. The predicted octanol–water partition coefficient (Wildman–Crippen LogP) is 0.623. The maximum atomic E-state index is 8.74. The van der Waals surface area contributed by atoms with Crippen LogP contribution < -0.4 is 0 Å². The first-order valence-corrected chi connectivity index (χ1v) is 4.27. The van der Waals surface area contributed by atoms with Crippen LogP contribution in [0.2, 0.25) is 0 Å². The van der Waals surface area contributed by atoms with Gasteiger partial charge in [0.2, 0.25) is 0 Å². The van der Waals surface area contributed by atoms with Crippen LogP contribution in [0, 0.1) is 0 Å². The summed E-state index contributed by atoms with van der Waals surface area (Å²) in [5.74, 6) is 0. The van der Waals surface area contributed by atoms with Crippen LogP contribution in [-0.2, 0) is 15.3 Å². The summed E-state index contributed by atoms with van der Waals surface area (Å²) in [6.45, 7) is 2.51. The molecule has 0 bridgehead atoms. The molecule has 0 aliphatic heterocycles. The summed E-state index contributed by atoms with van der Waals surface area (Å²) in [5.41, 5.74) is 0. The molecule has 6 nitrogen and oxygen atoms in total. The SMILES string of the molecule is CCCCOO.O=S(=O)(O)O. The summed E-state index contributed by atoms with van der Waals surface area (Å²) in [5, 5.41) is 7.70. The van der Waals surface area contributed by atoms with Crippen LogP contribution in [0.15, 0.2) is 0 Å². The first-order valence-electron chi connectivity index (χ1n) is 2.88. The van der Waals surface area contributed by atoms with Crippen LogP contribution in [0.3, 0.4) is 0 Å². The van der Waals surface area contributed by atoms with E-state index in [2.05, 4.69) is 4.89 Å². The summed E-state index contributed by atoms with van der Waals surface area (Å²) in [6.07, 6.45) is 2.01. The standard InChI is InChI=1S/C4H10O2.H2O4S/c1-2-3-4-6-5;1-5(2,3)4/h5H,2-4H2,1H3;(H2,1,2,3,4). The molecule has 0 saturated carbocycles. The number of unbranched alkanes of at least 4 members (excludes halogenated alkanes) is 1. The molecule has 0 heterocycles. The van der Waals surface area contributed by atoms with Crippen LogP contribution in [0.4, 0.5) is 0 Å². The fourth-order valence-corrected chi connectivity index (χ4v) is 0.209. The lowest BCUT2D eigenvalue weighted by molar-refractivity contribution is -0.242. The quantitative estimate of drug-likeness (QED) is 0.259.